The van der Waals surface area contributed by atoms with Crippen LogP contribution < -0.4 is 10.2 Å². The van der Waals surface area contributed by atoms with Crippen LogP contribution in [-0.2, 0) is 0 Å². The van der Waals surface area contributed by atoms with E-state index in [1.165, 1.54) is 36.7 Å². The van der Waals surface area contributed by atoms with Crippen LogP contribution in [0.25, 0.3) is 0 Å². The molecule has 6 nitrogen and oxygen atoms in total. The Labute approximate surface area is 169 Å². The number of amides is 1. The summed E-state index contributed by atoms with van der Waals surface area (Å²) in [6.07, 6.45) is 2.49. The van der Waals surface area contributed by atoms with Crippen LogP contribution in [0, 0.1) is 16.0 Å². The molecular weight excluding hydrogens is 378 g/mol. The highest BCUT2D eigenvalue weighted by Crippen LogP contribution is 2.26. The van der Waals surface area contributed by atoms with E-state index in [2.05, 4.69) is 29.3 Å². The maximum Gasteiger partial charge on any atom is 0.270 e. The van der Waals surface area contributed by atoms with Crippen LogP contribution in [0.5, 0.6) is 0 Å². The number of benzene rings is 2. The van der Waals surface area contributed by atoms with E-state index in [0.29, 0.717) is 5.92 Å². The molecule has 0 bridgehead atoms. The molecule has 0 aliphatic carbocycles. The number of rotatable bonds is 5. The fraction of sp³-hybridized carbons (Fsp3) is 0.381. The van der Waals surface area contributed by atoms with Crippen molar-refractivity contribution < 1.29 is 9.72 Å². The summed E-state index contributed by atoms with van der Waals surface area (Å²) >= 11 is 6.05. The van der Waals surface area contributed by atoms with E-state index in [0.717, 1.165) is 18.7 Å². The summed E-state index contributed by atoms with van der Waals surface area (Å²) in [6, 6.07) is 11.9. The quantitative estimate of drug-likeness (QED) is 0.566. The number of anilines is 1. The molecule has 148 valence electrons. The number of halogens is 1. The molecule has 1 fully saturated rings. The van der Waals surface area contributed by atoms with Crippen molar-refractivity contribution in [3.8, 4) is 0 Å². The van der Waals surface area contributed by atoms with E-state index in [1.54, 1.807) is 0 Å². The zero-order valence-corrected chi connectivity index (χ0v) is 16.8. The first-order valence-electron chi connectivity index (χ1n) is 9.45. The molecule has 0 spiro atoms. The van der Waals surface area contributed by atoms with Crippen LogP contribution in [0.1, 0.15) is 48.7 Å². The van der Waals surface area contributed by atoms with E-state index in [1.807, 2.05) is 19.1 Å². The van der Waals surface area contributed by atoms with Crippen molar-refractivity contribution >= 4 is 28.9 Å². The standard InChI is InChI=1S/C21H24ClN3O3/c1-14-4-3-11-24(13-14)17-7-5-16(6-8-17)15(2)23-21(26)19-10-9-18(25(27)28)12-20(19)22/h5-10,12,14-15H,3-4,11,13H2,1-2H3,(H,23,26)/t14-,15+/m0/s1. The minimum Gasteiger partial charge on any atom is -0.371 e. The molecule has 2 atom stereocenters. The lowest BCUT2D eigenvalue weighted by molar-refractivity contribution is -0.384. The van der Waals surface area contributed by atoms with Gasteiger partial charge in [-0.15, -0.1) is 0 Å². The predicted molar refractivity (Wildman–Crippen MR) is 111 cm³/mol. The van der Waals surface area contributed by atoms with E-state index in [4.69, 9.17) is 11.6 Å². The zero-order valence-electron chi connectivity index (χ0n) is 16.0. The Kier molecular flexibility index (Phi) is 6.19. The Bertz CT molecular complexity index is 870. The second-order valence-electron chi connectivity index (χ2n) is 7.40. The molecule has 2 aromatic carbocycles. The van der Waals surface area contributed by atoms with Crippen LogP contribution in [-0.4, -0.2) is 23.9 Å². The van der Waals surface area contributed by atoms with E-state index in [-0.39, 0.29) is 28.2 Å². The van der Waals surface area contributed by atoms with Gasteiger partial charge in [0.1, 0.15) is 0 Å². The number of nitro benzene ring substituents is 1. The lowest BCUT2D eigenvalue weighted by Gasteiger charge is -2.33. The van der Waals surface area contributed by atoms with Crippen molar-refractivity contribution in [1.82, 2.24) is 5.32 Å². The maximum atomic E-state index is 12.5. The van der Waals surface area contributed by atoms with E-state index >= 15 is 0 Å². The molecule has 3 rings (SSSR count). The average molecular weight is 402 g/mol. The van der Waals surface area contributed by atoms with Crippen molar-refractivity contribution in [2.24, 2.45) is 5.92 Å². The van der Waals surface area contributed by atoms with Crippen molar-refractivity contribution in [1.29, 1.82) is 0 Å². The molecule has 0 radical (unpaired) electrons. The first kappa shape index (κ1) is 20.1. The molecule has 28 heavy (non-hydrogen) atoms. The Morgan fingerprint density at radius 3 is 2.61 bits per heavy atom. The van der Waals surface area contributed by atoms with Gasteiger partial charge in [0.2, 0.25) is 0 Å². The van der Waals surface area contributed by atoms with E-state index < -0.39 is 4.92 Å². The summed E-state index contributed by atoms with van der Waals surface area (Å²) in [4.78, 5) is 25.2. The smallest absolute Gasteiger partial charge is 0.270 e. The summed E-state index contributed by atoms with van der Waals surface area (Å²) in [5.74, 6) is 0.347. The number of nitro groups is 1. The molecule has 1 saturated heterocycles. The molecule has 0 saturated carbocycles. The van der Waals surface area contributed by atoms with Gasteiger partial charge in [-0.2, -0.15) is 0 Å². The average Bonchev–Trinajstić information content (AvgIpc) is 2.67. The third kappa shape index (κ3) is 4.62. The van der Waals surface area contributed by atoms with Crippen molar-refractivity contribution in [2.75, 3.05) is 18.0 Å². The highest BCUT2D eigenvalue weighted by Gasteiger charge is 2.19. The van der Waals surface area contributed by atoms with Gasteiger partial charge in [0.05, 0.1) is 21.6 Å². The molecular formula is C21H24ClN3O3. The largest absolute Gasteiger partial charge is 0.371 e. The lowest BCUT2D eigenvalue weighted by Crippen LogP contribution is -2.34. The Morgan fingerprint density at radius 2 is 2.00 bits per heavy atom. The van der Waals surface area contributed by atoms with Crippen LogP contribution in [0.3, 0.4) is 0 Å². The monoisotopic (exact) mass is 401 g/mol. The first-order chi connectivity index (χ1) is 13.3. The van der Waals surface area contributed by atoms with Crippen LogP contribution >= 0.6 is 11.6 Å². The molecule has 1 aliphatic heterocycles. The van der Waals surface area contributed by atoms with Gasteiger partial charge >= 0.3 is 0 Å². The number of hydrogen-bond acceptors (Lipinski definition) is 4. The number of hydrogen-bond donors (Lipinski definition) is 1. The van der Waals surface area contributed by atoms with Gasteiger partial charge in [-0.1, -0.05) is 30.7 Å². The first-order valence-corrected chi connectivity index (χ1v) is 9.82. The summed E-state index contributed by atoms with van der Waals surface area (Å²) < 4.78 is 0. The second-order valence-corrected chi connectivity index (χ2v) is 7.81. The minimum atomic E-state index is -0.541. The Hall–Kier alpha value is -2.60. The fourth-order valence-corrected chi connectivity index (χ4v) is 3.82. The summed E-state index contributed by atoms with van der Waals surface area (Å²) in [7, 11) is 0. The molecule has 0 aromatic heterocycles. The van der Waals surface area contributed by atoms with Gasteiger partial charge in [0.15, 0.2) is 0 Å². The lowest BCUT2D eigenvalue weighted by atomic mass is 9.99. The normalized spacial score (nSPS) is 17.8. The highest BCUT2D eigenvalue weighted by atomic mass is 35.5. The van der Waals surface area contributed by atoms with Crippen molar-refractivity contribution in [3.63, 3.8) is 0 Å². The zero-order chi connectivity index (χ0) is 20.3. The molecule has 1 amide bonds. The number of nitrogens with zero attached hydrogens (tertiary/aromatic N) is 2. The number of non-ortho nitro benzene ring substituents is 1. The van der Waals surface area contributed by atoms with Gasteiger partial charge in [-0.3, -0.25) is 14.9 Å². The van der Waals surface area contributed by atoms with Gasteiger partial charge in [0.25, 0.3) is 11.6 Å². The molecule has 0 unspecified atom stereocenters. The number of nitrogens with one attached hydrogen (secondary N) is 1. The molecule has 1 heterocycles. The predicted octanol–water partition coefficient (Wildman–Crippen LogP) is 4.98. The number of carbonyl (C=O) groups excluding carboxylic acids is 1. The van der Waals surface area contributed by atoms with E-state index in [9.17, 15) is 14.9 Å². The Balaban J connectivity index is 1.66. The summed E-state index contributed by atoms with van der Waals surface area (Å²) in [6.45, 7) is 6.33. The number of piperidine rings is 1. The minimum absolute atomic E-state index is 0.0634. The van der Waals surface area contributed by atoms with Gasteiger partial charge in [0, 0.05) is 30.9 Å². The fourth-order valence-electron chi connectivity index (χ4n) is 3.56. The van der Waals surface area contributed by atoms with Crippen LogP contribution in [0.15, 0.2) is 42.5 Å². The Morgan fingerprint density at radius 1 is 1.29 bits per heavy atom. The van der Waals surface area contributed by atoms with Crippen LogP contribution in [0.2, 0.25) is 5.02 Å². The van der Waals surface area contributed by atoms with Crippen molar-refractivity contribution in [3.05, 3.63) is 68.7 Å². The third-order valence-corrected chi connectivity index (χ3v) is 5.48. The highest BCUT2D eigenvalue weighted by molar-refractivity contribution is 6.34. The molecule has 1 aliphatic rings. The second kappa shape index (κ2) is 8.61. The summed E-state index contributed by atoms with van der Waals surface area (Å²) in [5.41, 5.74) is 2.27. The van der Waals surface area contributed by atoms with Crippen LogP contribution in [0.4, 0.5) is 11.4 Å². The molecule has 2 aromatic rings. The molecule has 1 N–H and O–H groups in total. The third-order valence-electron chi connectivity index (χ3n) is 5.17. The van der Waals surface area contributed by atoms with Gasteiger partial charge < -0.3 is 10.2 Å². The van der Waals surface area contributed by atoms with Gasteiger partial charge in [-0.05, 0) is 49.4 Å². The maximum absolute atomic E-state index is 12.5. The van der Waals surface area contributed by atoms with Gasteiger partial charge in [-0.25, -0.2) is 0 Å². The van der Waals surface area contributed by atoms with Crippen molar-refractivity contribution in [2.45, 2.75) is 32.7 Å². The number of carbonyl (C=O) groups is 1. The topological polar surface area (TPSA) is 75.5 Å². The molecule has 7 heteroatoms. The SMILES string of the molecule is C[C@H]1CCCN(c2ccc([C@@H](C)NC(=O)c3ccc([N+](=O)[O-])cc3Cl)cc2)C1. The summed E-state index contributed by atoms with van der Waals surface area (Å²) in [5, 5.41) is 13.8.